The Bertz CT molecular complexity index is 767. The van der Waals surface area contributed by atoms with Gasteiger partial charge in [-0.25, -0.2) is 4.68 Å². The molecule has 0 radical (unpaired) electrons. The van der Waals surface area contributed by atoms with Crippen LogP contribution >= 0.6 is 0 Å². The zero-order valence-corrected chi connectivity index (χ0v) is 14.9. The number of morpholine rings is 1. The molecule has 6 nitrogen and oxygen atoms in total. The van der Waals surface area contributed by atoms with Crippen molar-refractivity contribution in [3.05, 3.63) is 46.2 Å². The SMILES string of the molecule is CCOc1cccc(-c2cc(C)c(=O)n(CCN3CCOCC3)n2)c1. The molecule has 1 saturated heterocycles. The highest BCUT2D eigenvalue weighted by molar-refractivity contribution is 5.61. The molecule has 0 N–H and O–H groups in total. The third-order valence-corrected chi connectivity index (χ3v) is 4.33. The van der Waals surface area contributed by atoms with Crippen LogP contribution in [0.5, 0.6) is 5.75 Å². The third kappa shape index (κ3) is 4.46. The molecule has 6 heteroatoms. The predicted molar refractivity (Wildman–Crippen MR) is 97.1 cm³/mol. The lowest BCUT2D eigenvalue weighted by Gasteiger charge is -2.26. The molecule has 25 heavy (non-hydrogen) atoms. The van der Waals surface area contributed by atoms with Crippen molar-refractivity contribution in [2.45, 2.75) is 20.4 Å². The molecule has 0 unspecified atom stereocenters. The summed E-state index contributed by atoms with van der Waals surface area (Å²) in [5.41, 5.74) is 2.42. The van der Waals surface area contributed by atoms with E-state index in [9.17, 15) is 4.79 Å². The average Bonchev–Trinajstić information content (AvgIpc) is 2.64. The molecule has 0 aliphatic carbocycles. The van der Waals surface area contributed by atoms with E-state index in [2.05, 4.69) is 10.00 Å². The van der Waals surface area contributed by atoms with Crippen molar-refractivity contribution in [1.29, 1.82) is 0 Å². The van der Waals surface area contributed by atoms with Gasteiger partial charge in [-0.3, -0.25) is 9.69 Å². The van der Waals surface area contributed by atoms with Crippen molar-refractivity contribution >= 4 is 0 Å². The fourth-order valence-corrected chi connectivity index (χ4v) is 2.94. The summed E-state index contributed by atoms with van der Waals surface area (Å²) in [7, 11) is 0. The van der Waals surface area contributed by atoms with Crippen molar-refractivity contribution < 1.29 is 9.47 Å². The lowest BCUT2D eigenvalue weighted by Crippen LogP contribution is -2.40. The Morgan fingerprint density at radius 3 is 2.76 bits per heavy atom. The van der Waals surface area contributed by atoms with Gasteiger partial charge in [-0.15, -0.1) is 0 Å². The lowest BCUT2D eigenvalue weighted by atomic mass is 10.1. The molecule has 1 aliphatic heterocycles. The van der Waals surface area contributed by atoms with Crippen LogP contribution in [0.15, 0.2) is 35.1 Å². The van der Waals surface area contributed by atoms with Crippen LogP contribution in [-0.2, 0) is 11.3 Å². The van der Waals surface area contributed by atoms with Gasteiger partial charge in [-0.1, -0.05) is 12.1 Å². The van der Waals surface area contributed by atoms with Crippen molar-refractivity contribution in [2.24, 2.45) is 0 Å². The van der Waals surface area contributed by atoms with Crippen molar-refractivity contribution in [2.75, 3.05) is 39.5 Å². The van der Waals surface area contributed by atoms with Gasteiger partial charge in [0.2, 0.25) is 0 Å². The molecular weight excluding hydrogens is 318 g/mol. The molecule has 0 amide bonds. The number of hydrogen-bond donors (Lipinski definition) is 0. The highest BCUT2D eigenvalue weighted by Gasteiger charge is 2.12. The molecular formula is C19H25N3O3. The highest BCUT2D eigenvalue weighted by Crippen LogP contribution is 2.22. The Morgan fingerprint density at radius 1 is 1.20 bits per heavy atom. The van der Waals surface area contributed by atoms with E-state index >= 15 is 0 Å². The summed E-state index contributed by atoms with van der Waals surface area (Å²) in [5, 5.41) is 4.58. The smallest absolute Gasteiger partial charge is 0.269 e. The van der Waals surface area contributed by atoms with E-state index in [0.29, 0.717) is 18.7 Å². The predicted octanol–water partition coefficient (Wildman–Crippen LogP) is 1.95. The van der Waals surface area contributed by atoms with E-state index in [-0.39, 0.29) is 5.56 Å². The molecule has 0 saturated carbocycles. The quantitative estimate of drug-likeness (QED) is 0.802. The van der Waals surface area contributed by atoms with Crippen LogP contribution in [0.25, 0.3) is 11.3 Å². The molecule has 1 aromatic carbocycles. The lowest BCUT2D eigenvalue weighted by molar-refractivity contribution is 0.0358. The van der Waals surface area contributed by atoms with Gasteiger partial charge in [0.1, 0.15) is 5.75 Å². The number of nitrogens with zero attached hydrogens (tertiary/aromatic N) is 3. The monoisotopic (exact) mass is 343 g/mol. The van der Waals surface area contributed by atoms with Gasteiger partial charge in [0.05, 0.1) is 32.1 Å². The Morgan fingerprint density at radius 2 is 2.00 bits per heavy atom. The normalized spacial score (nSPS) is 15.3. The molecule has 2 heterocycles. The zero-order chi connectivity index (χ0) is 17.6. The molecule has 1 fully saturated rings. The molecule has 0 atom stereocenters. The van der Waals surface area contributed by atoms with Crippen LogP contribution in [0, 0.1) is 6.92 Å². The van der Waals surface area contributed by atoms with Crippen molar-refractivity contribution in [3.8, 4) is 17.0 Å². The minimum atomic E-state index is -0.0297. The van der Waals surface area contributed by atoms with Gasteiger partial charge in [-0.05, 0) is 32.0 Å². The van der Waals surface area contributed by atoms with E-state index in [0.717, 1.165) is 49.9 Å². The summed E-state index contributed by atoms with van der Waals surface area (Å²) in [6.45, 7) is 9.13. The molecule has 3 rings (SSSR count). The summed E-state index contributed by atoms with van der Waals surface area (Å²) in [6, 6.07) is 9.66. The van der Waals surface area contributed by atoms with Crippen LogP contribution < -0.4 is 10.3 Å². The van der Waals surface area contributed by atoms with Gasteiger partial charge in [0, 0.05) is 30.8 Å². The Kier molecular flexibility index (Phi) is 5.83. The first-order valence-electron chi connectivity index (χ1n) is 8.79. The molecule has 1 aromatic heterocycles. The maximum Gasteiger partial charge on any atom is 0.269 e. The van der Waals surface area contributed by atoms with Gasteiger partial charge < -0.3 is 9.47 Å². The van der Waals surface area contributed by atoms with Crippen LogP contribution in [-0.4, -0.2) is 54.1 Å². The maximum absolute atomic E-state index is 12.4. The minimum absolute atomic E-state index is 0.0297. The molecule has 2 aromatic rings. The van der Waals surface area contributed by atoms with E-state index < -0.39 is 0 Å². The van der Waals surface area contributed by atoms with Crippen molar-refractivity contribution in [3.63, 3.8) is 0 Å². The topological polar surface area (TPSA) is 56.6 Å². The van der Waals surface area contributed by atoms with Gasteiger partial charge in [0.25, 0.3) is 5.56 Å². The maximum atomic E-state index is 12.4. The van der Waals surface area contributed by atoms with Gasteiger partial charge >= 0.3 is 0 Å². The van der Waals surface area contributed by atoms with Crippen LogP contribution in [0.4, 0.5) is 0 Å². The molecule has 134 valence electrons. The van der Waals surface area contributed by atoms with Gasteiger partial charge in [0.15, 0.2) is 0 Å². The summed E-state index contributed by atoms with van der Waals surface area (Å²) in [5.74, 6) is 0.811. The average molecular weight is 343 g/mol. The number of rotatable bonds is 6. The van der Waals surface area contributed by atoms with E-state index in [1.54, 1.807) is 4.68 Å². The zero-order valence-electron chi connectivity index (χ0n) is 14.9. The first kappa shape index (κ1) is 17.6. The Hall–Kier alpha value is -2.18. The second-order valence-electron chi connectivity index (χ2n) is 6.16. The van der Waals surface area contributed by atoms with Crippen LogP contribution in [0.2, 0.25) is 0 Å². The van der Waals surface area contributed by atoms with E-state index in [1.165, 1.54) is 0 Å². The Labute approximate surface area is 148 Å². The molecule has 1 aliphatic rings. The third-order valence-electron chi connectivity index (χ3n) is 4.33. The summed E-state index contributed by atoms with van der Waals surface area (Å²) in [4.78, 5) is 14.7. The number of ether oxygens (including phenoxy) is 2. The van der Waals surface area contributed by atoms with E-state index in [4.69, 9.17) is 9.47 Å². The van der Waals surface area contributed by atoms with Crippen molar-refractivity contribution in [1.82, 2.24) is 14.7 Å². The fraction of sp³-hybridized carbons (Fsp3) is 0.474. The first-order chi connectivity index (χ1) is 12.2. The van der Waals surface area contributed by atoms with Crippen LogP contribution in [0.3, 0.4) is 0 Å². The highest BCUT2D eigenvalue weighted by atomic mass is 16.5. The molecule has 0 bridgehead atoms. The largest absolute Gasteiger partial charge is 0.494 e. The number of benzene rings is 1. The molecule has 0 spiro atoms. The summed E-state index contributed by atoms with van der Waals surface area (Å²) in [6.07, 6.45) is 0. The fourth-order valence-electron chi connectivity index (χ4n) is 2.94. The minimum Gasteiger partial charge on any atom is -0.494 e. The second-order valence-corrected chi connectivity index (χ2v) is 6.16. The van der Waals surface area contributed by atoms with Gasteiger partial charge in [-0.2, -0.15) is 5.10 Å². The van der Waals surface area contributed by atoms with E-state index in [1.807, 2.05) is 44.2 Å². The number of aromatic nitrogens is 2. The second kappa shape index (κ2) is 8.27. The Balaban J connectivity index is 1.82. The standard InChI is InChI=1S/C19H25N3O3/c1-3-25-17-6-4-5-16(14-17)18-13-15(2)19(23)22(20-18)8-7-21-9-11-24-12-10-21/h4-6,13-14H,3,7-12H2,1-2H3. The number of aryl methyl sites for hydroxylation is 1. The van der Waals surface area contributed by atoms with Crippen LogP contribution in [0.1, 0.15) is 12.5 Å². The summed E-state index contributed by atoms with van der Waals surface area (Å²) < 4.78 is 12.5. The first-order valence-corrected chi connectivity index (χ1v) is 8.79. The summed E-state index contributed by atoms with van der Waals surface area (Å²) >= 11 is 0. The number of hydrogen-bond acceptors (Lipinski definition) is 5.